The molecule has 0 spiro atoms. The molecule has 1 N–H and O–H groups in total. The van der Waals surface area contributed by atoms with Gasteiger partial charge in [-0.15, -0.1) is 0 Å². The van der Waals surface area contributed by atoms with Gasteiger partial charge in [0.1, 0.15) is 0 Å². The Morgan fingerprint density at radius 1 is 0.969 bits per heavy atom. The first-order chi connectivity index (χ1) is 15.3. The quantitative estimate of drug-likeness (QED) is 0.657. The maximum atomic E-state index is 12.9. The van der Waals surface area contributed by atoms with Gasteiger partial charge < -0.3 is 15.1 Å². The highest BCUT2D eigenvalue weighted by Gasteiger charge is 2.18. The summed E-state index contributed by atoms with van der Waals surface area (Å²) in [4.78, 5) is 30.1. The number of carbonyl (C=O) groups excluding carboxylic acids is 1. The number of aryl methyl sites for hydroxylation is 2. The molecule has 1 aliphatic heterocycles. The number of benzene rings is 2. The first-order valence-corrected chi connectivity index (χ1v) is 10.9. The summed E-state index contributed by atoms with van der Waals surface area (Å²) in [6.45, 7) is 7.71. The summed E-state index contributed by atoms with van der Waals surface area (Å²) in [5, 5.41) is 7.78. The Hall–Kier alpha value is -3.16. The molecule has 0 radical (unpaired) electrons. The number of nitrogens with one attached hydrogen (secondary N) is 1. The lowest BCUT2D eigenvalue weighted by Gasteiger charge is -2.34. The molecule has 1 aliphatic rings. The Kier molecular flexibility index (Phi) is 6.30. The van der Waals surface area contributed by atoms with E-state index in [0.29, 0.717) is 22.1 Å². The lowest BCUT2D eigenvalue weighted by atomic mass is 10.1. The van der Waals surface area contributed by atoms with Crippen LogP contribution >= 0.6 is 11.6 Å². The van der Waals surface area contributed by atoms with E-state index in [1.165, 1.54) is 6.07 Å². The lowest BCUT2D eigenvalue weighted by Crippen LogP contribution is -2.44. The molecule has 0 aliphatic carbocycles. The van der Waals surface area contributed by atoms with Gasteiger partial charge >= 0.3 is 0 Å². The normalized spacial score (nSPS) is 14.4. The van der Waals surface area contributed by atoms with Crippen molar-refractivity contribution in [2.75, 3.05) is 43.4 Å². The molecular formula is C24H26ClN5O2. The lowest BCUT2D eigenvalue weighted by molar-refractivity contribution is 0.101. The van der Waals surface area contributed by atoms with Crippen LogP contribution in [-0.2, 0) is 0 Å². The molecule has 0 saturated carbocycles. The number of carbonyl (C=O) groups is 1. The predicted octanol–water partition coefficient (Wildman–Crippen LogP) is 3.51. The minimum Gasteiger partial charge on any atom is -0.369 e. The van der Waals surface area contributed by atoms with Crippen molar-refractivity contribution >= 4 is 28.9 Å². The summed E-state index contributed by atoms with van der Waals surface area (Å²) in [6.07, 6.45) is 0. The summed E-state index contributed by atoms with van der Waals surface area (Å²) >= 11 is 5.97. The molecule has 2 heterocycles. The fourth-order valence-electron chi connectivity index (χ4n) is 3.78. The van der Waals surface area contributed by atoms with Crippen molar-refractivity contribution in [1.82, 2.24) is 14.7 Å². The first-order valence-electron chi connectivity index (χ1n) is 10.5. The molecule has 0 unspecified atom stereocenters. The zero-order valence-electron chi connectivity index (χ0n) is 18.4. The highest BCUT2D eigenvalue weighted by molar-refractivity contribution is 6.30. The molecule has 32 heavy (non-hydrogen) atoms. The molecule has 0 atom stereocenters. The van der Waals surface area contributed by atoms with Gasteiger partial charge in [0.2, 0.25) is 5.43 Å². The first kappa shape index (κ1) is 22.0. The van der Waals surface area contributed by atoms with E-state index in [2.05, 4.69) is 33.3 Å². The number of aromatic nitrogens is 2. The van der Waals surface area contributed by atoms with Crippen LogP contribution in [0.25, 0.3) is 5.69 Å². The van der Waals surface area contributed by atoms with Gasteiger partial charge in [-0.1, -0.05) is 11.6 Å². The Morgan fingerprint density at radius 2 is 1.62 bits per heavy atom. The zero-order valence-corrected chi connectivity index (χ0v) is 19.2. The molecule has 1 saturated heterocycles. The van der Waals surface area contributed by atoms with E-state index in [9.17, 15) is 9.59 Å². The standard InChI is InChI=1S/C24H26ClN5O2/c1-16-14-20(29-12-10-28(3)11-13-29)8-9-21(16)26-24(32)23-22(31)15-17(2)30(27-23)19-6-4-18(25)5-7-19/h4-9,14-15H,10-13H2,1-3H3,(H,26,32). The van der Waals surface area contributed by atoms with Gasteiger partial charge in [0.15, 0.2) is 5.69 Å². The zero-order chi connectivity index (χ0) is 22.8. The SMILES string of the molecule is Cc1cc(N2CCN(C)CC2)ccc1NC(=O)c1nn(-c2ccc(Cl)cc2)c(C)cc1=O. The molecular weight excluding hydrogens is 426 g/mol. The Bertz CT molecular complexity index is 1200. The van der Waals surface area contributed by atoms with Crippen molar-refractivity contribution < 1.29 is 4.79 Å². The van der Waals surface area contributed by atoms with Crippen LogP contribution in [0.1, 0.15) is 21.7 Å². The summed E-state index contributed by atoms with van der Waals surface area (Å²) in [6, 6.07) is 14.4. The molecule has 1 amide bonds. The van der Waals surface area contributed by atoms with Gasteiger partial charge in [-0.2, -0.15) is 5.10 Å². The van der Waals surface area contributed by atoms with Crippen LogP contribution in [0.3, 0.4) is 0 Å². The van der Waals surface area contributed by atoms with Crippen molar-refractivity contribution in [3.8, 4) is 5.69 Å². The number of halogens is 1. The minimum atomic E-state index is -0.534. The van der Waals surface area contributed by atoms with Crippen molar-refractivity contribution in [2.24, 2.45) is 0 Å². The van der Waals surface area contributed by atoms with Crippen molar-refractivity contribution in [3.05, 3.63) is 80.7 Å². The van der Waals surface area contributed by atoms with Crippen LogP contribution < -0.4 is 15.6 Å². The molecule has 2 aromatic carbocycles. The molecule has 166 valence electrons. The number of rotatable bonds is 4. The highest BCUT2D eigenvalue weighted by atomic mass is 35.5. The number of nitrogens with zero attached hydrogens (tertiary/aromatic N) is 4. The van der Waals surface area contributed by atoms with E-state index in [0.717, 1.165) is 37.4 Å². The van der Waals surface area contributed by atoms with Crippen LogP contribution in [0.2, 0.25) is 5.02 Å². The summed E-state index contributed by atoms with van der Waals surface area (Å²) in [5.41, 5.74) is 3.49. The number of hydrogen-bond acceptors (Lipinski definition) is 5. The number of amides is 1. The van der Waals surface area contributed by atoms with Gasteiger partial charge in [-0.25, -0.2) is 4.68 Å². The van der Waals surface area contributed by atoms with E-state index in [1.54, 1.807) is 35.9 Å². The molecule has 7 nitrogen and oxygen atoms in total. The molecule has 1 aromatic heterocycles. The largest absolute Gasteiger partial charge is 0.369 e. The van der Waals surface area contributed by atoms with Gasteiger partial charge in [0.25, 0.3) is 5.91 Å². The monoisotopic (exact) mass is 451 g/mol. The Morgan fingerprint density at radius 3 is 2.28 bits per heavy atom. The second kappa shape index (κ2) is 9.14. The summed E-state index contributed by atoms with van der Waals surface area (Å²) in [5.74, 6) is -0.534. The van der Waals surface area contributed by atoms with Crippen molar-refractivity contribution in [2.45, 2.75) is 13.8 Å². The fraction of sp³-hybridized carbons (Fsp3) is 0.292. The third-order valence-corrected chi connectivity index (χ3v) is 5.97. The summed E-state index contributed by atoms with van der Waals surface area (Å²) in [7, 11) is 2.13. The van der Waals surface area contributed by atoms with Crippen LogP contribution in [-0.4, -0.2) is 53.8 Å². The molecule has 0 bridgehead atoms. The third-order valence-electron chi connectivity index (χ3n) is 5.72. The average Bonchev–Trinajstić information content (AvgIpc) is 2.76. The third kappa shape index (κ3) is 4.69. The maximum absolute atomic E-state index is 12.9. The fourth-order valence-corrected chi connectivity index (χ4v) is 3.91. The number of likely N-dealkylation sites (N-methyl/N-ethyl adjacent to an activating group) is 1. The Balaban J connectivity index is 1.57. The van der Waals surface area contributed by atoms with Crippen LogP contribution in [0, 0.1) is 13.8 Å². The van der Waals surface area contributed by atoms with Gasteiger partial charge in [0.05, 0.1) is 5.69 Å². The topological polar surface area (TPSA) is 70.5 Å². The van der Waals surface area contributed by atoms with Crippen LogP contribution in [0.5, 0.6) is 0 Å². The van der Waals surface area contributed by atoms with E-state index < -0.39 is 11.3 Å². The van der Waals surface area contributed by atoms with Gasteiger partial charge in [0, 0.05) is 54.3 Å². The van der Waals surface area contributed by atoms with E-state index in [-0.39, 0.29) is 5.69 Å². The number of piperazine rings is 1. The predicted molar refractivity (Wildman–Crippen MR) is 128 cm³/mol. The van der Waals surface area contributed by atoms with Gasteiger partial charge in [-0.05, 0) is 68.9 Å². The maximum Gasteiger partial charge on any atom is 0.280 e. The number of hydrogen-bond donors (Lipinski definition) is 1. The highest BCUT2D eigenvalue weighted by Crippen LogP contribution is 2.24. The van der Waals surface area contributed by atoms with Crippen molar-refractivity contribution in [3.63, 3.8) is 0 Å². The molecule has 8 heteroatoms. The van der Waals surface area contributed by atoms with E-state index in [1.807, 2.05) is 19.1 Å². The molecule has 4 rings (SSSR count). The second-order valence-corrected chi connectivity index (χ2v) is 8.57. The Labute approximate surface area is 192 Å². The van der Waals surface area contributed by atoms with Crippen LogP contribution in [0.15, 0.2) is 53.3 Å². The van der Waals surface area contributed by atoms with Gasteiger partial charge in [-0.3, -0.25) is 9.59 Å². The average molecular weight is 452 g/mol. The van der Waals surface area contributed by atoms with Crippen molar-refractivity contribution in [1.29, 1.82) is 0 Å². The number of anilines is 2. The summed E-state index contributed by atoms with van der Waals surface area (Å²) < 4.78 is 1.57. The smallest absolute Gasteiger partial charge is 0.280 e. The second-order valence-electron chi connectivity index (χ2n) is 8.13. The van der Waals surface area contributed by atoms with Crippen LogP contribution in [0.4, 0.5) is 11.4 Å². The van der Waals surface area contributed by atoms with E-state index >= 15 is 0 Å². The molecule has 3 aromatic rings. The molecule has 1 fully saturated rings. The van der Waals surface area contributed by atoms with E-state index in [4.69, 9.17) is 11.6 Å². The minimum absolute atomic E-state index is 0.159.